The fourth-order valence-electron chi connectivity index (χ4n) is 1.07. The van der Waals surface area contributed by atoms with Gasteiger partial charge in [-0.15, -0.1) is 11.3 Å². The highest BCUT2D eigenvalue weighted by atomic mass is 32.1. The van der Waals surface area contributed by atoms with Crippen molar-refractivity contribution in [2.24, 2.45) is 0 Å². The Labute approximate surface area is 82.2 Å². The van der Waals surface area contributed by atoms with Gasteiger partial charge in [0, 0.05) is 0 Å². The van der Waals surface area contributed by atoms with E-state index in [1.165, 1.54) is 6.07 Å². The monoisotopic (exact) mass is 210 g/mol. The molecule has 2 heterocycles. The fourth-order valence-corrected chi connectivity index (χ4v) is 1.95. The minimum atomic E-state index is -1.01. The summed E-state index contributed by atoms with van der Waals surface area (Å²) in [5.74, 6) is -0.754. The van der Waals surface area contributed by atoms with E-state index in [1.54, 1.807) is 0 Å². The van der Waals surface area contributed by atoms with Crippen molar-refractivity contribution in [2.75, 3.05) is 11.5 Å². The Morgan fingerprint density at radius 1 is 1.43 bits per heavy atom. The van der Waals surface area contributed by atoms with E-state index in [4.69, 9.17) is 16.6 Å². The van der Waals surface area contributed by atoms with Crippen molar-refractivity contribution in [1.82, 2.24) is 9.97 Å². The maximum atomic E-state index is 10.7. The molecule has 7 heteroatoms. The fraction of sp³-hybridized carbons (Fsp3) is 0. The van der Waals surface area contributed by atoms with Gasteiger partial charge in [0.05, 0.1) is 5.39 Å². The highest BCUT2D eigenvalue weighted by Gasteiger charge is 2.12. The van der Waals surface area contributed by atoms with Crippen molar-refractivity contribution in [3.63, 3.8) is 0 Å². The molecule has 0 amide bonds. The van der Waals surface area contributed by atoms with Crippen LogP contribution in [0.4, 0.5) is 11.8 Å². The van der Waals surface area contributed by atoms with Gasteiger partial charge in [-0.1, -0.05) is 0 Å². The summed E-state index contributed by atoms with van der Waals surface area (Å²) in [6.45, 7) is 0. The number of hydrogen-bond acceptors (Lipinski definition) is 6. The van der Waals surface area contributed by atoms with Crippen molar-refractivity contribution in [3.8, 4) is 0 Å². The van der Waals surface area contributed by atoms with Gasteiger partial charge in [0.15, 0.2) is 0 Å². The molecule has 0 aliphatic carbocycles. The van der Waals surface area contributed by atoms with E-state index >= 15 is 0 Å². The SMILES string of the molecule is Nc1nc(N)c2cc(C(=O)O)sc2n1. The average molecular weight is 210 g/mol. The Morgan fingerprint density at radius 3 is 2.79 bits per heavy atom. The quantitative estimate of drug-likeness (QED) is 0.633. The van der Waals surface area contributed by atoms with Crippen LogP contribution in [0.2, 0.25) is 0 Å². The first-order chi connectivity index (χ1) is 6.58. The predicted octanol–water partition coefficient (Wildman–Crippen LogP) is 0.554. The number of carboxylic acid groups (broad SMARTS) is 1. The van der Waals surface area contributed by atoms with Gasteiger partial charge in [0.1, 0.15) is 15.5 Å². The Balaban J connectivity index is 2.76. The number of anilines is 2. The first-order valence-electron chi connectivity index (χ1n) is 3.64. The lowest BCUT2D eigenvalue weighted by molar-refractivity contribution is 0.0702. The third kappa shape index (κ3) is 1.23. The molecule has 2 rings (SSSR count). The van der Waals surface area contributed by atoms with Crippen LogP contribution >= 0.6 is 11.3 Å². The molecule has 14 heavy (non-hydrogen) atoms. The average Bonchev–Trinajstić information content (AvgIpc) is 2.47. The van der Waals surface area contributed by atoms with Gasteiger partial charge in [0.2, 0.25) is 5.95 Å². The summed E-state index contributed by atoms with van der Waals surface area (Å²) in [7, 11) is 0. The van der Waals surface area contributed by atoms with E-state index in [1.807, 2.05) is 0 Å². The molecule has 0 radical (unpaired) electrons. The summed E-state index contributed by atoms with van der Waals surface area (Å²) in [6, 6.07) is 1.44. The van der Waals surface area contributed by atoms with Gasteiger partial charge in [-0.2, -0.15) is 4.98 Å². The number of rotatable bonds is 1. The van der Waals surface area contributed by atoms with Gasteiger partial charge >= 0.3 is 5.97 Å². The summed E-state index contributed by atoms with van der Waals surface area (Å²) < 4.78 is 0. The molecule has 6 nitrogen and oxygen atoms in total. The molecule has 0 atom stereocenters. The van der Waals surface area contributed by atoms with Crippen molar-refractivity contribution in [2.45, 2.75) is 0 Å². The summed E-state index contributed by atoms with van der Waals surface area (Å²) in [5.41, 5.74) is 10.9. The molecule has 72 valence electrons. The van der Waals surface area contributed by atoms with E-state index in [0.717, 1.165) is 11.3 Å². The number of nitrogen functional groups attached to an aromatic ring is 2. The number of fused-ring (bicyclic) bond motifs is 1. The maximum Gasteiger partial charge on any atom is 0.345 e. The van der Waals surface area contributed by atoms with Crippen LogP contribution in [0.3, 0.4) is 0 Å². The lowest BCUT2D eigenvalue weighted by Crippen LogP contribution is -1.98. The zero-order chi connectivity index (χ0) is 10.3. The van der Waals surface area contributed by atoms with Gasteiger partial charge in [-0.05, 0) is 6.07 Å². The standard InChI is InChI=1S/C7H6N4O2S/c8-4-2-1-3(6(12)13)14-5(2)11-7(9)10-4/h1H,(H,12,13)(H4,8,9,10,11). The van der Waals surface area contributed by atoms with E-state index < -0.39 is 5.97 Å². The van der Waals surface area contributed by atoms with E-state index in [2.05, 4.69) is 9.97 Å². The number of hydrogen-bond donors (Lipinski definition) is 3. The Hall–Kier alpha value is -1.89. The number of carbonyl (C=O) groups is 1. The smallest absolute Gasteiger partial charge is 0.345 e. The lowest BCUT2D eigenvalue weighted by atomic mass is 10.3. The molecule has 2 aromatic heterocycles. The minimum absolute atomic E-state index is 0.0498. The summed E-state index contributed by atoms with van der Waals surface area (Å²) >= 11 is 1.02. The second kappa shape index (κ2) is 2.81. The predicted molar refractivity (Wildman–Crippen MR) is 53.2 cm³/mol. The molecule has 5 N–H and O–H groups in total. The number of thiophene rings is 1. The number of carboxylic acids is 1. The van der Waals surface area contributed by atoms with Crippen molar-refractivity contribution >= 4 is 39.3 Å². The Kier molecular flexibility index (Phi) is 1.74. The highest BCUT2D eigenvalue weighted by molar-refractivity contribution is 7.20. The van der Waals surface area contributed by atoms with Gasteiger partial charge < -0.3 is 16.6 Å². The lowest BCUT2D eigenvalue weighted by Gasteiger charge is -1.94. The van der Waals surface area contributed by atoms with Crippen LogP contribution in [0.1, 0.15) is 9.67 Å². The van der Waals surface area contributed by atoms with Crippen molar-refractivity contribution in [1.29, 1.82) is 0 Å². The summed E-state index contributed by atoms with van der Waals surface area (Å²) in [4.78, 5) is 18.9. The van der Waals surface area contributed by atoms with Crippen LogP contribution < -0.4 is 11.5 Å². The molecule has 0 unspecified atom stereocenters. The van der Waals surface area contributed by atoms with Gasteiger partial charge in [-0.3, -0.25) is 0 Å². The van der Waals surface area contributed by atoms with Crippen LogP contribution in [-0.2, 0) is 0 Å². The Bertz CT molecular complexity index is 522. The Morgan fingerprint density at radius 2 is 2.14 bits per heavy atom. The zero-order valence-electron chi connectivity index (χ0n) is 6.89. The first-order valence-corrected chi connectivity index (χ1v) is 4.45. The van der Waals surface area contributed by atoms with E-state index in [9.17, 15) is 4.79 Å². The van der Waals surface area contributed by atoms with Crippen LogP contribution in [0.5, 0.6) is 0 Å². The second-order valence-electron chi connectivity index (χ2n) is 2.60. The molecule has 0 saturated heterocycles. The van der Waals surface area contributed by atoms with Gasteiger partial charge in [-0.25, -0.2) is 9.78 Å². The molecule has 0 aliphatic rings. The van der Waals surface area contributed by atoms with E-state index in [-0.39, 0.29) is 16.6 Å². The van der Waals surface area contributed by atoms with Crippen LogP contribution in [0, 0.1) is 0 Å². The van der Waals surface area contributed by atoms with Crippen LogP contribution in [-0.4, -0.2) is 21.0 Å². The molecular formula is C7H6N4O2S. The normalized spacial score (nSPS) is 10.6. The minimum Gasteiger partial charge on any atom is -0.477 e. The molecule has 0 saturated carbocycles. The molecule has 2 aromatic rings. The first kappa shape index (κ1) is 8.70. The molecule has 0 aromatic carbocycles. The third-order valence-corrected chi connectivity index (χ3v) is 2.67. The van der Waals surface area contributed by atoms with Crippen molar-refractivity contribution in [3.05, 3.63) is 10.9 Å². The summed E-state index contributed by atoms with van der Waals surface area (Å²) in [5, 5.41) is 9.27. The molecule has 0 fully saturated rings. The number of aromatic carboxylic acids is 1. The number of aromatic nitrogens is 2. The topological polar surface area (TPSA) is 115 Å². The van der Waals surface area contributed by atoms with Crippen molar-refractivity contribution < 1.29 is 9.90 Å². The number of nitrogens with zero attached hydrogens (tertiary/aromatic N) is 2. The van der Waals surface area contributed by atoms with Crippen LogP contribution in [0.25, 0.3) is 10.2 Å². The third-order valence-electron chi connectivity index (χ3n) is 1.65. The second-order valence-corrected chi connectivity index (χ2v) is 3.63. The van der Waals surface area contributed by atoms with Gasteiger partial charge in [0.25, 0.3) is 0 Å². The molecule has 0 aliphatic heterocycles. The molecular weight excluding hydrogens is 204 g/mol. The summed E-state index contributed by atoms with van der Waals surface area (Å²) in [6.07, 6.45) is 0. The largest absolute Gasteiger partial charge is 0.477 e. The highest BCUT2D eigenvalue weighted by Crippen LogP contribution is 2.27. The number of nitrogens with two attached hydrogens (primary N) is 2. The molecule has 0 bridgehead atoms. The van der Waals surface area contributed by atoms with E-state index in [0.29, 0.717) is 10.2 Å². The molecule has 0 spiro atoms. The maximum absolute atomic E-state index is 10.7. The van der Waals surface area contributed by atoms with Crippen LogP contribution in [0.15, 0.2) is 6.07 Å². The zero-order valence-corrected chi connectivity index (χ0v) is 7.71.